The molecule has 0 unspecified atom stereocenters. The molecule has 2 rings (SSSR count). The molecule has 0 radical (unpaired) electrons. The van der Waals surface area contributed by atoms with Crippen LogP contribution in [0.25, 0.3) is 0 Å². The molecule has 0 atom stereocenters. The first kappa shape index (κ1) is 8.38. The number of nitrogens with zero attached hydrogens (tertiary/aromatic N) is 6. The Bertz CT molecular complexity index is 251. The van der Waals surface area contributed by atoms with Crippen LogP contribution < -0.4 is 0 Å². The third-order valence-corrected chi connectivity index (χ3v) is 1.08. The normalized spacial score (nSPS) is 8.83. The van der Waals surface area contributed by atoms with Gasteiger partial charge in [0.15, 0.2) is 0 Å². The summed E-state index contributed by atoms with van der Waals surface area (Å²) < 4.78 is 1.64. The molecule has 2 aromatic heterocycles. The van der Waals surface area contributed by atoms with Crippen molar-refractivity contribution in [2.45, 2.75) is 0 Å². The Hall–Kier alpha value is -1.72. The van der Waals surface area contributed by atoms with Gasteiger partial charge in [0.25, 0.3) is 0 Å². The maximum Gasteiger partial charge on any atom is 0.0692 e. The van der Waals surface area contributed by atoms with Gasteiger partial charge in [0.2, 0.25) is 0 Å². The lowest BCUT2D eigenvalue weighted by Gasteiger charge is -1.75. The second kappa shape index (κ2) is 4.22. The molecule has 0 fully saturated rings. The molecule has 12 heavy (non-hydrogen) atoms. The maximum absolute atomic E-state index is 3.72. The number of rotatable bonds is 0. The van der Waals surface area contributed by atoms with Gasteiger partial charge in [0.1, 0.15) is 0 Å². The van der Waals surface area contributed by atoms with Crippen molar-refractivity contribution in [3.8, 4) is 0 Å². The van der Waals surface area contributed by atoms with Crippen LogP contribution in [-0.4, -0.2) is 30.0 Å². The van der Waals surface area contributed by atoms with Gasteiger partial charge >= 0.3 is 0 Å². The lowest BCUT2D eigenvalue weighted by Crippen LogP contribution is -1.89. The zero-order valence-corrected chi connectivity index (χ0v) is 6.99. The molecular weight excluding hydrogens is 156 g/mol. The van der Waals surface area contributed by atoms with E-state index in [9.17, 15) is 0 Å². The topological polar surface area (TPSA) is 61.4 Å². The second-order valence-corrected chi connectivity index (χ2v) is 2.10. The maximum atomic E-state index is 3.72. The number of aryl methyl sites for hydroxylation is 2. The molecule has 2 heterocycles. The fourth-order valence-electron chi connectivity index (χ4n) is 0.550. The Kier molecular flexibility index (Phi) is 2.95. The predicted molar refractivity (Wildman–Crippen MR) is 42.0 cm³/mol. The summed E-state index contributed by atoms with van der Waals surface area (Å²) in [5.41, 5.74) is 0. The summed E-state index contributed by atoms with van der Waals surface area (Å²) >= 11 is 0. The van der Waals surface area contributed by atoms with Gasteiger partial charge in [0.05, 0.1) is 18.6 Å². The summed E-state index contributed by atoms with van der Waals surface area (Å²) in [6, 6.07) is 0. The molecule has 0 spiro atoms. The molecule has 0 aliphatic carbocycles. The molecule has 0 aliphatic heterocycles. The van der Waals surface area contributed by atoms with E-state index < -0.39 is 0 Å². The molecule has 6 nitrogen and oxygen atoms in total. The van der Waals surface area contributed by atoms with E-state index in [1.807, 2.05) is 7.05 Å². The van der Waals surface area contributed by atoms with Crippen molar-refractivity contribution in [1.82, 2.24) is 30.0 Å². The smallest absolute Gasteiger partial charge is 0.0692 e. The van der Waals surface area contributed by atoms with E-state index in [-0.39, 0.29) is 0 Å². The highest BCUT2D eigenvalue weighted by Gasteiger charge is 1.71. The zero-order valence-electron chi connectivity index (χ0n) is 6.99. The molecule has 0 saturated heterocycles. The Labute approximate surface area is 69.8 Å². The van der Waals surface area contributed by atoms with Crippen LogP contribution in [0.15, 0.2) is 24.8 Å². The summed E-state index contributed by atoms with van der Waals surface area (Å²) in [7, 11) is 3.60. The van der Waals surface area contributed by atoms with Gasteiger partial charge in [-0.15, -0.1) is 5.10 Å². The lowest BCUT2D eigenvalue weighted by atomic mass is 10.9. The van der Waals surface area contributed by atoms with Crippen molar-refractivity contribution in [3.05, 3.63) is 24.8 Å². The molecule has 0 amide bonds. The van der Waals surface area contributed by atoms with Gasteiger partial charge in [-0.25, -0.2) is 0 Å². The van der Waals surface area contributed by atoms with E-state index in [0.29, 0.717) is 0 Å². The highest BCUT2D eigenvalue weighted by atomic mass is 15.4. The van der Waals surface area contributed by atoms with E-state index in [4.69, 9.17) is 0 Å². The highest BCUT2D eigenvalue weighted by Crippen LogP contribution is 1.66. The summed E-state index contributed by atoms with van der Waals surface area (Å²) in [5.74, 6) is 0. The van der Waals surface area contributed by atoms with Crippen LogP contribution >= 0.6 is 0 Å². The van der Waals surface area contributed by atoms with E-state index in [0.717, 1.165) is 0 Å². The SMILES string of the molecule is Cn1ccnn1.Cn1nccn1. The fourth-order valence-corrected chi connectivity index (χ4v) is 0.550. The van der Waals surface area contributed by atoms with Crippen LogP contribution in [0.2, 0.25) is 0 Å². The number of hydrogen-bond acceptors (Lipinski definition) is 4. The molecule has 64 valence electrons. The van der Waals surface area contributed by atoms with E-state index in [2.05, 4.69) is 20.5 Å². The van der Waals surface area contributed by atoms with Gasteiger partial charge in [0, 0.05) is 20.3 Å². The number of hydrogen-bond donors (Lipinski definition) is 0. The average molecular weight is 166 g/mol. The second-order valence-electron chi connectivity index (χ2n) is 2.10. The van der Waals surface area contributed by atoms with Gasteiger partial charge in [-0.05, 0) is 0 Å². The standard InChI is InChI=1S/2C3H5N3/c1-6-3-2-4-5-6;1-6-4-2-3-5-6/h2*2-3H,1H3. The summed E-state index contributed by atoms with van der Waals surface area (Å²) in [4.78, 5) is 1.50. The molecule has 6 heteroatoms. The first-order valence-corrected chi connectivity index (χ1v) is 3.39. The van der Waals surface area contributed by atoms with Crippen molar-refractivity contribution >= 4 is 0 Å². The Balaban J connectivity index is 0.000000120. The van der Waals surface area contributed by atoms with Crippen molar-refractivity contribution in [2.75, 3.05) is 0 Å². The molecule has 0 bridgehead atoms. The molecule has 0 aliphatic rings. The first-order valence-electron chi connectivity index (χ1n) is 3.39. The lowest BCUT2D eigenvalue weighted by molar-refractivity contribution is 0.654. The summed E-state index contributed by atoms with van der Waals surface area (Å²) in [6.07, 6.45) is 6.69. The van der Waals surface area contributed by atoms with Gasteiger partial charge in [-0.1, -0.05) is 5.21 Å². The Morgan fingerprint density at radius 2 is 1.67 bits per heavy atom. The van der Waals surface area contributed by atoms with Crippen LogP contribution in [0.4, 0.5) is 0 Å². The van der Waals surface area contributed by atoms with Crippen molar-refractivity contribution in [1.29, 1.82) is 0 Å². The van der Waals surface area contributed by atoms with Crippen molar-refractivity contribution < 1.29 is 0 Å². The Morgan fingerprint density at radius 1 is 1.00 bits per heavy atom. The van der Waals surface area contributed by atoms with E-state index in [1.165, 1.54) is 4.80 Å². The fraction of sp³-hybridized carbons (Fsp3) is 0.333. The van der Waals surface area contributed by atoms with Crippen molar-refractivity contribution in [3.63, 3.8) is 0 Å². The molecule has 0 N–H and O–H groups in total. The quantitative estimate of drug-likeness (QED) is 0.535. The van der Waals surface area contributed by atoms with Gasteiger partial charge < -0.3 is 0 Å². The third kappa shape index (κ3) is 2.91. The average Bonchev–Trinajstić information content (AvgIpc) is 2.63. The van der Waals surface area contributed by atoms with Crippen LogP contribution in [-0.2, 0) is 14.1 Å². The monoisotopic (exact) mass is 166 g/mol. The van der Waals surface area contributed by atoms with Crippen molar-refractivity contribution in [2.24, 2.45) is 14.1 Å². The van der Waals surface area contributed by atoms with Crippen LogP contribution in [0, 0.1) is 0 Å². The number of aromatic nitrogens is 6. The minimum absolute atomic E-state index is 1.50. The summed E-state index contributed by atoms with van der Waals surface area (Å²) in [6.45, 7) is 0. The third-order valence-electron chi connectivity index (χ3n) is 1.08. The van der Waals surface area contributed by atoms with Crippen LogP contribution in [0.5, 0.6) is 0 Å². The first-order chi connectivity index (χ1) is 5.79. The van der Waals surface area contributed by atoms with E-state index >= 15 is 0 Å². The molecule has 0 saturated carbocycles. The molecular formula is C6H10N6. The van der Waals surface area contributed by atoms with Crippen LogP contribution in [0.3, 0.4) is 0 Å². The largest absolute Gasteiger partial charge is 0.256 e. The van der Waals surface area contributed by atoms with Gasteiger partial charge in [-0.2, -0.15) is 15.0 Å². The van der Waals surface area contributed by atoms with Gasteiger partial charge in [-0.3, -0.25) is 4.68 Å². The highest BCUT2D eigenvalue weighted by molar-refractivity contribution is 4.59. The summed E-state index contributed by atoms with van der Waals surface area (Å²) in [5, 5.41) is 14.6. The predicted octanol–water partition coefficient (Wildman–Crippen LogP) is -0.370. The molecule has 0 aromatic carbocycles. The minimum atomic E-state index is 1.50. The zero-order chi connectivity index (χ0) is 8.81. The molecule has 2 aromatic rings. The van der Waals surface area contributed by atoms with E-state index in [1.54, 1.807) is 36.5 Å². The van der Waals surface area contributed by atoms with Crippen LogP contribution in [0.1, 0.15) is 0 Å². The Morgan fingerprint density at radius 3 is 1.83 bits per heavy atom. The minimum Gasteiger partial charge on any atom is -0.256 e.